The second-order valence-corrected chi connectivity index (χ2v) is 10.9. The van der Waals surface area contributed by atoms with Crippen molar-refractivity contribution < 1.29 is 28.6 Å². The van der Waals surface area contributed by atoms with Crippen molar-refractivity contribution in [2.45, 2.75) is 17.1 Å². The minimum Gasteiger partial charge on any atom is -0.497 e. The maximum absolute atomic E-state index is 13.5. The largest absolute Gasteiger partial charge is 0.497 e. The average molecular weight is 612 g/mol. The van der Waals surface area contributed by atoms with Crippen molar-refractivity contribution in [3.8, 4) is 17.2 Å². The van der Waals surface area contributed by atoms with E-state index < -0.39 is 11.8 Å². The summed E-state index contributed by atoms with van der Waals surface area (Å²) in [6.07, 6.45) is 1.54. The van der Waals surface area contributed by atoms with Crippen molar-refractivity contribution in [2.24, 2.45) is 0 Å². The van der Waals surface area contributed by atoms with Crippen molar-refractivity contribution >= 4 is 46.9 Å². The fourth-order valence-corrected chi connectivity index (χ4v) is 4.92. The Bertz CT molecular complexity index is 1640. The van der Waals surface area contributed by atoms with E-state index in [1.54, 1.807) is 105 Å². The van der Waals surface area contributed by atoms with Gasteiger partial charge in [-0.25, -0.2) is 0 Å². The van der Waals surface area contributed by atoms with Crippen LogP contribution in [0.2, 0.25) is 0 Å². The molecule has 4 aromatic carbocycles. The summed E-state index contributed by atoms with van der Waals surface area (Å²) in [5.74, 6) is 0.587. The lowest BCUT2D eigenvalue weighted by molar-refractivity contribution is -0.115. The molecule has 4 aromatic rings. The van der Waals surface area contributed by atoms with Gasteiger partial charge in [-0.3, -0.25) is 14.4 Å². The Morgan fingerprint density at radius 2 is 1.43 bits per heavy atom. The zero-order valence-electron chi connectivity index (χ0n) is 24.8. The third-order valence-corrected chi connectivity index (χ3v) is 7.51. The Morgan fingerprint density at radius 3 is 2.11 bits per heavy atom. The zero-order valence-corrected chi connectivity index (χ0v) is 25.6. The van der Waals surface area contributed by atoms with E-state index in [4.69, 9.17) is 14.2 Å². The van der Waals surface area contributed by atoms with Crippen LogP contribution in [0.3, 0.4) is 0 Å². The maximum Gasteiger partial charge on any atom is 0.272 e. The highest BCUT2D eigenvalue weighted by Gasteiger charge is 2.18. The van der Waals surface area contributed by atoms with E-state index in [0.29, 0.717) is 39.8 Å². The van der Waals surface area contributed by atoms with Gasteiger partial charge in [0, 0.05) is 39.5 Å². The molecule has 1 unspecified atom stereocenters. The van der Waals surface area contributed by atoms with Crippen molar-refractivity contribution in [1.29, 1.82) is 0 Å². The standard InChI is InChI=1S/C34H33N3O6S/c1-22(32(38)36-26-11-8-12-27(20-26)41-2)44-29-17-14-25(15-18-29)35-34(40)30(37-33(39)23-9-6-5-7-10-23)19-24-13-16-28(42-3)21-31(24)43-4/h5-22H,1-4H3,(H,35,40)(H,36,38)(H,37,39)/b30-19-. The van der Waals surface area contributed by atoms with Crippen LogP contribution in [0.4, 0.5) is 11.4 Å². The molecule has 0 aromatic heterocycles. The molecule has 0 radical (unpaired) electrons. The third kappa shape index (κ3) is 8.65. The average Bonchev–Trinajstić information content (AvgIpc) is 3.05. The fourth-order valence-electron chi connectivity index (χ4n) is 4.05. The molecular weight excluding hydrogens is 578 g/mol. The molecule has 4 rings (SSSR count). The first-order valence-electron chi connectivity index (χ1n) is 13.6. The maximum atomic E-state index is 13.5. The number of benzene rings is 4. The zero-order chi connectivity index (χ0) is 31.5. The molecule has 0 spiro atoms. The van der Waals surface area contributed by atoms with Crippen LogP contribution in [0, 0.1) is 0 Å². The first-order valence-corrected chi connectivity index (χ1v) is 14.5. The van der Waals surface area contributed by atoms with E-state index in [-0.39, 0.29) is 16.9 Å². The molecule has 0 aliphatic rings. The number of thioether (sulfide) groups is 1. The number of methoxy groups -OCH3 is 3. The number of hydrogen-bond acceptors (Lipinski definition) is 7. The number of carbonyl (C=O) groups excluding carboxylic acids is 3. The van der Waals surface area contributed by atoms with Gasteiger partial charge in [-0.2, -0.15) is 0 Å². The molecule has 44 heavy (non-hydrogen) atoms. The summed E-state index contributed by atoms with van der Waals surface area (Å²) < 4.78 is 16.0. The van der Waals surface area contributed by atoms with Crippen LogP contribution in [0.1, 0.15) is 22.8 Å². The summed E-state index contributed by atoms with van der Waals surface area (Å²) in [7, 11) is 4.63. The van der Waals surface area contributed by atoms with Gasteiger partial charge in [-0.1, -0.05) is 24.3 Å². The van der Waals surface area contributed by atoms with Crippen molar-refractivity contribution in [3.63, 3.8) is 0 Å². The van der Waals surface area contributed by atoms with E-state index >= 15 is 0 Å². The van der Waals surface area contributed by atoms with E-state index in [9.17, 15) is 14.4 Å². The van der Waals surface area contributed by atoms with E-state index in [1.807, 2.05) is 19.1 Å². The lowest BCUT2D eigenvalue weighted by Gasteiger charge is -2.14. The summed E-state index contributed by atoms with van der Waals surface area (Å²) in [6, 6.07) is 28.0. The fraction of sp³-hybridized carbons (Fsp3) is 0.147. The molecule has 0 fully saturated rings. The lowest BCUT2D eigenvalue weighted by Crippen LogP contribution is -2.30. The highest BCUT2D eigenvalue weighted by molar-refractivity contribution is 8.00. The molecule has 0 aliphatic carbocycles. The second kappa shape index (κ2) is 15.3. The Labute approximate surface area is 260 Å². The van der Waals surface area contributed by atoms with Gasteiger partial charge in [0.1, 0.15) is 22.9 Å². The van der Waals surface area contributed by atoms with Crippen LogP contribution in [0.5, 0.6) is 17.2 Å². The Kier molecular flexibility index (Phi) is 11.0. The van der Waals surface area contributed by atoms with Crippen LogP contribution in [-0.2, 0) is 9.59 Å². The number of carbonyl (C=O) groups is 3. The van der Waals surface area contributed by atoms with Gasteiger partial charge in [0.05, 0.1) is 26.6 Å². The van der Waals surface area contributed by atoms with Crippen LogP contribution in [-0.4, -0.2) is 44.3 Å². The first kappa shape index (κ1) is 31.7. The van der Waals surface area contributed by atoms with E-state index in [0.717, 1.165) is 4.90 Å². The summed E-state index contributed by atoms with van der Waals surface area (Å²) in [5, 5.41) is 8.07. The van der Waals surface area contributed by atoms with Gasteiger partial charge in [-0.05, 0) is 73.7 Å². The van der Waals surface area contributed by atoms with Crippen molar-refractivity contribution in [3.05, 3.63) is 114 Å². The number of anilines is 2. The number of ether oxygens (including phenoxy) is 3. The minimum absolute atomic E-state index is 0.0172. The summed E-state index contributed by atoms with van der Waals surface area (Å²) in [5.41, 5.74) is 2.15. The number of rotatable bonds is 12. The molecule has 0 bridgehead atoms. The SMILES string of the molecule is COc1cccc(NC(=O)C(C)Sc2ccc(NC(=O)/C(=C/c3ccc(OC)cc3OC)NC(=O)c3ccccc3)cc2)c1. The highest BCUT2D eigenvalue weighted by Crippen LogP contribution is 2.28. The quantitative estimate of drug-likeness (QED) is 0.128. The Balaban J connectivity index is 1.47. The number of nitrogens with one attached hydrogen (secondary N) is 3. The van der Waals surface area contributed by atoms with E-state index in [1.165, 1.54) is 18.9 Å². The number of hydrogen-bond donors (Lipinski definition) is 3. The molecule has 0 aliphatic heterocycles. The summed E-state index contributed by atoms with van der Waals surface area (Å²) in [6.45, 7) is 1.82. The summed E-state index contributed by atoms with van der Waals surface area (Å²) in [4.78, 5) is 40.0. The predicted molar refractivity (Wildman–Crippen MR) is 173 cm³/mol. The molecule has 0 heterocycles. The van der Waals surface area contributed by atoms with Gasteiger partial charge in [0.15, 0.2) is 0 Å². The molecule has 10 heteroatoms. The van der Waals surface area contributed by atoms with Gasteiger partial charge < -0.3 is 30.2 Å². The van der Waals surface area contributed by atoms with Crippen LogP contribution >= 0.6 is 11.8 Å². The predicted octanol–water partition coefficient (Wildman–Crippen LogP) is 6.24. The van der Waals surface area contributed by atoms with Gasteiger partial charge in [0.2, 0.25) is 5.91 Å². The van der Waals surface area contributed by atoms with Crippen LogP contribution < -0.4 is 30.2 Å². The van der Waals surface area contributed by atoms with Crippen LogP contribution in [0.25, 0.3) is 6.08 Å². The Hall–Kier alpha value is -5.22. The van der Waals surface area contributed by atoms with E-state index in [2.05, 4.69) is 16.0 Å². The highest BCUT2D eigenvalue weighted by atomic mass is 32.2. The third-order valence-electron chi connectivity index (χ3n) is 6.40. The molecule has 3 amide bonds. The molecule has 0 saturated carbocycles. The molecule has 0 saturated heterocycles. The smallest absolute Gasteiger partial charge is 0.272 e. The van der Waals surface area contributed by atoms with Crippen LogP contribution in [0.15, 0.2) is 108 Å². The van der Waals surface area contributed by atoms with Crippen molar-refractivity contribution in [2.75, 3.05) is 32.0 Å². The first-order chi connectivity index (χ1) is 21.3. The van der Waals surface area contributed by atoms with Crippen molar-refractivity contribution in [1.82, 2.24) is 5.32 Å². The molecular formula is C34H33N3O6S. The lowest BCUT2D eigenvalue weighted by atomic mass is 10.1. The second-order valence-electron chi connectivity index (χ2n) is 9.45. The normalized spacial score (nSPS) is 11.6. The molecule has 1 atom stereocenters. The molecule has 9 nitrogen and oxygen atoms in total. The van der Waals surface area contributed by atoms with Gasteiger partial charge in [-0.15, -0.1) is 11.8 Å². The van der Waals surface area contributed by atoms with Gasteiger partial charge >= 0.3 is 0 Å². The molecule has 3 N–H and O–H groups in total. The van der Waals surface area contributed by atoms with Gasteiger partial charge in [0.25, 0.3) is 11.8 Å². The number of amides is 3. The monoisotopic (exact) mass is 611 g/mol. The molecule has 226 valence electrons. The topological polar surface area (TPSA) is 115 Å². The summed E-state index contributed by atoms with van der Waals surface area (Å²) >= 11 is 1.38. The Morgan fingerprint density at radius 1 is 0.727 bits per heavy atom. The minimum atomic E-state index is -0.529.